The molecule has 2 aromatic carbocycles. The molecule has 0 radical (unpaired) electrons. The second kappa shape index (κ2) is 12.6. The minimum absolute atomic E-state index is 0.0449. The maximum absolute atomic E-state index is 13.4. The molecule has 2 aromatic rings. The predicted molar refractivity (Wildman–Crippen MR) is 148 cm³/mol. The summed E-state index contributed by atoms with van der Waals surface area (Å²) >= 11 is 0. The molecular formula is C31H44N2O5. The van der Waals surface area contributed by atoms with Gasteiger partial charge in [0.25, 0.3) is 0 Å². The SMILES string of the molecule is COCCCC[C@@](O)(c1ccccc1Oc1c(C)cccc1C)[C@@H]1CCCN(C(=O)C2C[C@@H](N)[C@@H](O)C2)C1. The summed E-state index contributed by atoms with van der Waals surface area (Å²) in [5.41, 5.74) is 7.66. The number of aliphatic hydroxyl groups is 2. The van der Waals surface area contributed by atoms with Gasteiger partial charge in [0.1, 0.15) is 11.5 Å². The van der Waals surface area contributed by atoms with E-state index in [1.54, 1.807) is 7.11 Å². The Balaban J connectivity index is 1.63. The fraction of sp³-hybridized carbons (Fsp3) is 0.581. The van der Waals surface area contributed by atoms with Gasteiger partial charge < -0.3 is 30.3 Å². The summed E-state index contributed by atoms with van der Waals surface area (Å²) in [7, 11) is 1.69. The lowest BCUT2D eigenvalue weighted by Crippen LogP contribution is -2.49. The Hall–Kier alpha value is -2.45. The largest absolute Gasteiger partial charge is 0.456 e. The fourth-order valence-electron chi connectivity index (χ4n) is 6.26. The quantitative estimate of drug-likeness (QED) is 0.397. The Morgan fingerprint density at radius 1 is 1.11 bits per heavy atom. The molecule has 4 rings (SSSR count). The first kappa shape index (κ1) is 28.6. The molecule has 1 unspecified atom stereocenters. The summed E-state index contributed by atoms with van der Waals surface area (Å²) in [6.07, 6.45) is 4.10. The molecule has 1 heterocycles. The van der Waals surface area contributed by atoms with Crippen LogP contribution in [-0.2, 0) is 15.1 Å². The number of nitrogens with zero attached hydrogens (tertiary/aromatic N) is 1. The van der Waals surface area contributed by atoms with Crippen LogP contribution in [0, 0.1) is 25.7 Å². The van der Waals surface area contributed by atoms with E-state index in [-0.39, 0.29) is 23.8 Å². The van der Waals surface area contributed by atoms with Gasteiger partial charge in [0.05, 0.1) is 11.7 Å². The van der Waals surface area contributed by atoms with Gasteiger partial charge in [-0.05, 0) is 76.0 Å². The zero-order chi connectivity index (χ0) is 27.3. The summed E-state index contributed by atoms with van der Waals surface area (Å²) in [4.78, 5) is 15.3. The summed E-state index contributed by atoms with van der Waals surface area (Å²) in [5, 5.41) is 22.7. The molecular weight excluding hydrogens is 480 g/mol. The van der Waals surface area contributed by atoms with E-state index in [1.807, 2.05) is 61.2 Å². The molecule has 1 saturated carbocycles. The van der Waals surface area contributed by atoms with E-state index in [2.05, 4.69) is 0 Å². The highest BCUT2D eigenvalue weighted by molar-refractivity contribution is 5.79. The van der Waals surface area contributed by atoms with Crippen LogP contribution in [0.2, 0.25) is 0 Å². The van der Waals surface area contributed by atoms with Gasteiger partial charge in [-0.2, -0.15) is 0 Å². The second-order valence-electron chi connectivity index (χ2n) is 11.2. The number of rotatable bonds is 10. The van der Waals surface area contributed by atoms with E-state index in [0.717, 1.165) is 48.1 Å². The number of ether oxygens (including phenoxy) is 2. The number of aliphatic hydroxyl groups excluding tert-OH is 1. The van der Waals surface area contributed by atoms with Gasteiger partial charge in [-0.1, -0.05) is 36.4 Å². The molecule has 0 aromatic heterocycles. The molecule has 7 heteroatoms. The number of amides is 1. The van der Waals surface area contributed by atoms with E-state index >= 15 is 0 Å². The molecule has 5 atom stereocenters. The Morgan fingerprint density at radius 3 is 2.53 bits per heavy atom. The second-order valence-corrected chi connectivity index (χ2v) is 11.2. The number of unbranched alkanes of at least 4 members (excludes halogenated alkanes) is 1. The van der Waals surface area contributed by atoms with E-state index in [0.29, 0.717) is 44.7 Å². The number of methoxy groups -OCH3 is 1. The van der Waals surface area contributed by atoms with Crippen LogP contribution in [0.5, 0.6) is 11.5 Å². The van der Waals surface area contributed by atoms with Crippen LogP contribution in [0.4, 0.5) is 0 Å². The maximum atomic E-state index is 13.4. The molecule has 38 heavy (non-hydrogen) atoms. The molecule has 4 N–H and O–H groups in total. The number of benzene rings is 2. The predicted octanol–water partition coefficient (Wildman–Crippen LogP) is 4.44. The lowest BCUT2D eigenvalue weighted by molar-refractivity contribution is -0.141. The van der Waals surface area contributed by atoms with Gasteiger partial charge in [-0.3, -0.25) is 4.79 Å². The summed E-state index contributed by atoms with van der Waals surface area (Å²) in [6.45, 7) is 5.82. The molecule has 2 aliphatic rings. The smallest absolute Gasteiger partial charge is 0.225 e. The van der Waals surface area contributed by atoms with E-state index in [9.17, 15) is 15.0 Å². The van der Waals surface area contributed by atoms with Crippen LogP contribution < -0.4 is 10.5 Å². The van der Waals surface area contributed by atoms with Crippen molar-refractivity contribution >= 4 is 5.91 Å². The molecule has 208 valence electrons. The number of para-hydroxylation sites is 2. The highest BCUT2D eigenvalue weighted by Gasteiger charge is 2.44. The van der Waals surface area contributed by atoms with Crippen LogP contribution in [0.3, 0.4) is 0 Å². The Labute approximate surface area is 226 Å². The van der Waals surface area contributed by atoms with Crippen molar-refractivity contribution in [3.05, 3.63) is 59.2 Å². The van der Waals surface area contributed by atoms with Crippen molar-refractivity contribution in [2.75, 3.05) is 26.8 Å². The highest BCUT2D eigenvalue weighted by atomic mass is 16.5. The molecule has 2 fully saturated rings. The number of carbonyl (C=O) groups excluding carboxylic acids is 1. The lowest BCUT2D eigenvalue weighted by atomic mass is 9.73. The number of piperidine rings is 1. The minimum atomic E-state index is -1.18. The van der Waals surface area contributed by atoms with Gasteiger partial charge in [-0.15, -0.1) is 0 Å². The Morgan fingerprint density at radius 2 is 1.84 bits per heavy atom. The van der Waals surface area contributed by atoms with Crippen LogP contribution in [0.1, 0.15) is 61.6 Å². The van der Waals surface area contributed by atoms with E-state index in [4.69, 9.17) is 15.2 Å². The van der Waals surface area contributed by atoms with Crippen molar-refractivity contribution < 1.29 is 24.5 Å². The van der Waals surface area contributed by atoms with Crippen molar-refractivity contribution in [2.45, 2.75) is 76.5 Å². The number of aryl methyl sites for hydroxylation is 2. The lowest BCUT2D eigenvalue weighted by Gasteiger charge is -2.44. The van der Waals surface area contributed by atoms with Crippen molar-refractivity contribution in [1.82, 2.24) is 4.90 Å². The molecule has 1 saturated heterocycles. The van der Waals surface area contributed by atoms with E-state index < -0.39 is 11.7 Å². The normalized spacial score (nSPS) is 25.3. The number of hydrogen-bond acceptors (Lipinski definition) is 6. The first-order valence-corrected chi connectivity index (χ1v) is 14.0. The fourth-order valence-corrected chi connectivity index (χ4v) is 6.26. The van der Waals surface area contributed by atoms with Gasteiger partial charge >= 0.3 is 0 Å². The third-order valence-corrected chi connectivity index (χ3v) is 8.47. The number of likely N-dealkylation sites (tertiary alicyclic amines) is 1. The van der Waals surface area contributed by atoms with Gasteiger partial charge in [0.15, 0.2) is 0 Å². The van der Waals surface area contributed by atoms with Crippen LogP contribution >= 0.6 is 0 Å². The van der Waals surface area contributed by atoms with E-state index in [1.165, 1.54) is 0 Å². The van der Waals surface area contributed by atoms with Gasteiger partial charge in [0, 0.05) is 50.2 Å². The number of hydrogen-bond donors (Lipinski definition) is 3. The number of carbonyl (C=O) groups is 1. The zero-order valence-electron chi connectivity index (χ0n) is 23.1. The maximum Gasteiger partial charge on any atom is 0.225 e. The minimum Gasteiger partial charge on any atom is -0.456 e. The van der Waals surface area contributed by atoms with Crippen LogP contribution in [0.25, 0.3) is 0 Å². The summed E-state index contributed by atoms with van der Waals surface area (Å²) in [6, 6.07) is 13.5. The first-order chi connectivity index (χ1) is 18.2. The molecule has 0 bridgehead atoms. The van der Waals surface area contributed by atoms with Gasteiger partial charge in [0.2, 0.25) is 5.91 Å². The third-order valence-electron chi connectivity index (χ3n) is 8.47. The number of nitrogens with two attached hydrogens (primary N) is 1. The molecule has 1 aliphatic carbocycles. The van der Waals surface area contributed by atoms with Crippen LogP contribution in [0.15, 0.2) is 42.5 Å². The van der Waals surface area contributed by atoms with Crippen LogP contribution in [-0.4, -0.2) is 60.0 Å². The highest BCUT2D eigenvalue weighted by Crippen LogP contribution is 2.45. The summed E-state index contributed by atoms with van der Waals surface area (Å²) in [5.74, 6) is 1.09. The summed E-state index contributed by atoms with van der Waals surface area (Å²) < 4.78 is 11.8. The topological polar surface area (TPSA) is 105 Å². The van der Waals surface area contributed by atoms with Crippen molar-refractivity contribution in [3.8, 4) is 11.5 Å². The zero-order valence-corrected chi connectivity index (χ0v) is 23.1. The van der Waals surface area contributed by atoms with Crippen molar-refractivity contribution in [3.63, 3.8) is 0 Å². The van der Waals surface area contributed by atoms with Crippen molar-refractivity contribution in [1.29, 1.82) is 0 Å². The van der Waals surface area contributed by atoms with Gasteiger partial charge in [-0.25, -0.2) is 0 Å². The Kier molecular flexibility index (Phi) is 9.47. The van der Waals surface area contributed by atoms with Crippen molar-refractivity contribution in [2.24, 2.45) is 17.6 Å². The molecule has 1 aliphatic heterocycles. The molecule has 1 amide bonds. The Bertz CT molecular complexity index is 1060. The average Bonchev–Trinajstić information content (AvgIpc) is 3.26. The third kappa shape index (κ3) is 6.23. The standard InChI is InChI=1S/C31H44N2O5/c1-21-10-8-11-22(2)29(21)38-28-14-5-4-13-25(28)31(36,15-6-7-17-37-3)24-12-9-16-33(20-24)30(35)23-18-26(32)27(34)19-23/h4-5,8,10-11,13-14,23-24,26-27,34,36H,6-7,9,12,15-20,32H2,1-3H3/t23?,24-,26-,27+,31+/m1/s1. The molecule has 7 nitrogen and oxygen atoms in total. The molecule has 0 spiro atoms. The average molecular weight is 525 g/mol. The first-order valence-electron chi connectivity index (χ1n) is 14.0. The monoisotopic (exact) mass is 524 g/mol.